The zero-order valence-corrected chi connectivity index (χ0v) is 10.5. The fourth-order valence-electron chi connectivity index (χ4n) is 1.86. The fourth-order valence-corrected chi connectivity index (χ4v) is 1.86. The molecule has 2 rings (SSSR count). The second-order valence-corrected chi connectivity index (χ2v) is 5.24. The molecule has 1 aromatic heterocycles. The molecule has 1 fully saturated rings. The molecule has 1 atom stereocenters. The average Bonchev–Trinajstić information content (AvgIpc) is 2.86. The SMILES string of the molecule is CC(C)(C)OC(=O)N1CC[C@H](n2cncn2)C1. The van der Waals surface area contributed by atoms with Gasteiger partial charge < -0.3 is 9.64 Å². The van der Waals surface area contributed by atoms with Gasteiger partial charge >= 0.3 is 6.09 Å². The van der Waals surface area contributed by atoms with E-state index >= 15 is 0 Å². The van der Waals surface area contributed by atoms with Crippen molar-refractivity contribution in [3.05, 3.63) is 12.7 Å². The summed E-state index contributed by atoms with van der Waals surface area (Å²) in [6.45, 7) is 6.96. The number of hydrogen-bond donors (Lipinski definition) is 0. The third-order valence-corrected chi connectivity index (χ3v) is 2.63. The molecule has 0 saturated carbocycles. The van der Waals surface area contributed by atoms with Crippen molar-refractivity contribution in [3.8, 4) is 0 Å². The van der Waals surface area contributed by atoms with Gasteiger partial charge in [0.05, 0.1) is 6.04 Å². The first-order valence-electron chi connectivity index (χ1n) is 5.78. The predicted octanol–water partition coefficient (Wildman–Crippen LogP) is 1.46. The molecule has 1 aliphatic rings. The minimum Gasteiger partial charge on any atom is -0.444 e. The molecule has 0 spiro atoms. The van der Waals surface area contributed by atoms with Crippen LogP contribution in [0.25, 0.3) is 0 Å². The topological polar surface area (TPSA) is 60.2 Å². The van der Waals surface area contributed by atoms with Gasteiger partial charge in [0.1, 0.15) is 18.3 Å². The first kappa shape index (κ1) is 11.9. The number of carbonyl (C=O) groups is 1. The fraction of sp³-hybridized carbons (Fsp3) is 0.727. The van der Waals surface area contributed by atoms with Crippen molar-refractivity contribution < 1.29 is 9.53 Å². The summed E-state index contributed by atoms with van der Waals surface area (Å²) in [6, 6.07) is 0.213. The third-order valence-electron chi connectivity index (χ3n) is 2.63. The van der Waals surface area contributed by atoms with E-state index in [0.717, 1.165) is 6.42 Å². The quantitative estimate of drug-likeness (QED) is 0.743. The summed E-state index contributed by atoms with van der Waals surface area (Å²) < 4.78 is 7.13. The maximum absolute atomic E-state index is 11.8. The van der Waals surface area contributed by atoms with E-state index in [4.69, 9.17) is 4.74 Å². The van der Waals surface area contributed by atoms with Crippen LogP contribution in [0, 0.1) is 0 Å². The molecule has 0 radical (unpaired) electrons. The maximum Gasteiger partial charge on any atom is 0.410 e. The van der Waals surface area contributed by atoms with E-state index in [1.165, 1.54) is 6.33 Å². The van der Waals surface area contributed by atoms with Crippen molar-refractivity contribution in [2.75, 3.05) is 13.1 Å². The number of hydrogen-bond acceptors (Lipinski definition) is 4. The van der Waals surface area contributed by atoms with Crippen molar-refractivity contribution in [2.45, 2.75) is 38.8 Å². The van der Waals surface area contributed by atoms with Gasteiger partial charge in [-0.1, -0.05) is 0 Å². The Morgan fingerprint density at radius 2 is 2.24 bits per heavy atom. The van der Waals surface area contributed by atoms with Crippen LogP contribution in [0.4, 0.5) is 4.79 Å². The van der Waals surface area contributed by atoms with E-state index in [1.807, 2.05) is 20.8 Å². The summed E-state index contributed by atoms with van der Waals surface area (Å²) in [5, 5.41) is 4.09. The van der Waals surface area contributed by atoms with Gasteiger partial charge in [0.2, 0.25) is 0 Å². The van der Waals surface area contributed by atoms with Crippen LogP contribution in [-0.4, -0.2) is 44.4 Å². The molecule has 2 heterocycles. The Bertz CT molecular complexity index is 383. The molecule has 6 heteroatoms. The summed E-state index contributed by atoms with van der Waals surface area (Å²) >= 11 is 0. The van der Waals surface area contributed by atoms with Crippen LogP contribution < -0.4 is 0 Å². The number of likely N-dealkylation sites (tertiary alicyclic amines) is 1. The standard InChI is InChI=1S/C11H18N4O2/c1-11(2,3)17-10(16)14-5-4-9(6-14)15-8-12-7-13-15/h7-9H,4-6H2,1-3H3/t9-/m0/s1. The first-order valence-corrected chi connectivity index (χ1v) is 5.78. The van der Waals surface area contributed by atoms with Crippen LogP contribution in [0.3, 0.4) is 0 Å². The summed E-state index contributed by atoms with van der Waals surface area (Å²) in [5.41, 5.74) is -0.442. The molecule has 1 aromatic rings. The molecule has 6 nitrogen and oxygen atoms in total. The van der Waals surface area contributed by atoms with Crippen molar-refractivity contribution in [2.24, 2.45) is 0 Å². The molecule has 0 aliphatic carbocycles. The van der Waals surface area contributed by atoms with E-state index in [-0.39, 0.29) is 12.1 Å². The Balaban J connectivity index is 1.92. The smallest absolute Gasteiger partial charge is 0.410 e. The van der Waals surface area contributed by atoms with Gasteiger partial charge in [-0.15, -0.1) is 0 Å². The molecular weight excluding hydrogens is 220 g/mol. The molecule has 17 heavy (non-hydrogen) atoms. The molecule has 1 saturated heterocycles. The van der Waals surface area contributed by atoms with Crippen molar-refractivity contribution in [3.63, 3.8) is 0 Å². The summed E-state index contributed by atoms with van der Waals surface area (Å²) in [6.07, 6.45) is 3.84. The second kappa shape index (κ2) is 4.35. The molecule has 1 amide bonds. The van der Waals surface area contributed by atoms with Crippen molar-refractivity contribution >= 4 is 6.09 Å². The second-order valence-electron chi connectivity index (χ2n) is 5.24. The highest BCUT2D eigenvalue weighted by Crippen LogP contribution is 2.22. The van der Waals surface area contributed by atoms with Crippen LogP contribution in [0.1, 0.15) is 33.2 Å². The molecule has 94 valence electrons. The summed E-state index contributed by atoms with van der Waals surface area (Å²) in [7, 11) is 0. The average molecular weight is 238 g/mol. The maximum atomic E-state index is 11.8. The van der Waals surface area contributed by atoms with Crippen LogP contribution in [0.15, 0.2) is 12.7 Å². The molecule has 1 aliphatic heterocycles. The monoisotopic (exact) mass is 238 g/mol. The van der Waals surface area contributed by atoms with Crippen LogP contribution in [0.5, 0.6) is 0 Å². The number of nitrogens with zero attached hydrogens (tertiary/aromatic N) is 4. The Morgan fingerprint density at radius 3 is 2.82 bits per heavy atom. The van der Waals surface area contributed by atoms with Gasteiger partial charge in [0, 0.05) is 13.1 Å². The highest BCUT2D eigenvalue weighted by atomic mass is 16.6. The minimum absolute atomic E-state index is 0.213. The zero-order valence-electron chi connectivity index (χ0n) is 10.5. The number of carbonyl (C=O) groups excluding carboxylic acids is 1. The molecule has 0 unspecified atom stereocenters. The lowest BCUT2D eigenvalue weighted by Crippen LogP contribution is -2.35. The van der Waals surface area contributed by atoms with Gasteiger partial charge in [-0.05, 0) is 27.2 Å². The van der Waals surface area contributed by atoms with Gasteiger partial charge in [-0.25, -0.2) is 14.5 Å². The van der Waals surface area contributed by atoms with Gasteiger partial charge in [-0.3, -0.25) is 0 Å². The Hall–Kier alpha value is -1.59. The van der Waals surface area contributed by atoms with E-state index < -0.39 is 5.60 Å². The highest BCUT2D eigenvalue weighted by Gasteiger charge is 2.30. The Labute approximate surface area is 101 Å². The summed E-state index contributed by atoms with van der Waals surface area (Å²) in [5.74, 6) is 0. The van der Waals surface area contributed by atoms with E-state index in [1.54, 1.807) is 15.9 Å². The molecule has 0 N–H and O–H groups in total. The van der Waals surface area contributed by atoms with Gasteiger partial charge in [0.25, 0.3) is 0 Å². The number of aromatic nitrogens is 3. The van der Waals surface area contributed by atoms with Crippen molar-refractivity contribution in [1.82, 2.24) is 19.7 Å². The first-order chi connectivity index (χ1) is 7.96. The minimum atomic E-state index is -0.442. The molecular formula is C11H18N4O2. The largest absolute Gasteiger partial charge is 0.444 e. The normalized spacial score (nSPS) is 20.6. The lowest BCUT2D eigenvalue weighted by atomic mass is 10.2. The number of rotatable bonds is 1. The Morgan fingerprint density at radius 1 is 1.47 bits per heavy atom. The Kier molecular flexibility index (Phi) is 3.04. The third kappa shape index (κ3) is 2.95. The predicted molar refractivity (Wildman–Crippen MR) is 61.5 cm³/mol. The zero-order chi connectivity index (χ0) is 12.5. The van der Waals surface area contributed by atoms with Gasteiger partial charge in [0.15, 0.2) is 0 Å². The lowest BCUT2D eigenvalue weighted by Gasteiger charge is -2.24. The molecule has 0 aromatic carbocycles. The van der Waals surface area contributed by atoms with Gasteiger partial charge in [-0.2, -0.15) is 5.10 Å². The van der Waals surface area contributed by atoms with Crippen LogP contribution in [0.2, 0.25) is 0 Å². The summed E-state index contributed by atoms with van der Waals surface area (Å²) in [4.78, 5) is 17.5. The van der Waals surface area contributed by atoms with E-state index in [2.05, 4.69) is 10.1 Å². The lowest BCUT2D eigenvalue weighted by molar-refractivity contribution is 0.0288. The van der Waals surface area contributed by atoms with E-state index in [9.17, 15) is 4.79 Å². The highest BCUT2D eigenvalue weighted by molar-refractivity contribution is 5.68. The van der Waals surface area contributed by atoms with Crippen LogP contribution in [-0.2, 0) is 4.74 Å². The number of ether oxygens (including phenoxy) is 1. The van der Waals surface area contributed by atoms with Crippen molar-refractivity contribution in [1.29, 1.82) is 0 Å². The van der Waals surface area contributed by atoms with E-state index in [0.29, 0.717) is 13.1 Å². The number of amides is 1. The van der Waals surface area contributed by atoms with Crippen LogP contribution >= 0.6 is 0 Å². The molecule has 0 bridgehead atoms.